The van der Waals surface area contributed by atoms with Gasteiger partial charge in [-0.1, -0.05) is 12.1 Å². The number of aromatic nitrogens is 3. The van der Waals surface area contributed by atoms with Gasteiger partial charge in [0.2, 0.25) is 0 Å². The zero-order valence-electron chi connectivity index (χ0n) is 15.2. The molecule has 7 nitrogen and oxygen atoms in total. The molecule has 1 aliphatic rings. The molecule has 9 heteroatoms. The van der Waals surface area contributed by atoms with Gasteiger partial charge in [0.15, 0.2) is 5.03 Å². The first kappa shape index (κ1) is 18.6. The first-order chi connectivity index (χ1) is 13.4. The molecule has 0 aliphatic carbocycles. The van der Waals surface area contributed by atoms with Crippen LogP contribution in [-0.2, 0) is 17.1 Å². The second-order valence-electron chi connectivity index (χ2n) is 6.84. The summed E-state index contributed by atoms with van der Waals surface area (Å²) in [4.78, 5) is 8.01. The van der Waals surface area contributed by atoms with E-state index in [1.807, 2.05) is 12.1 Å². The lowest BCUT2D eigenvalue weighted by Crippen LogP contribution is -2.32. The van der Waals surface area contributed by atoms with E-state index in [0.29, 0.717) is 0 Å². The highest BCUT2D eigenvalue weighted by Crippen LogP contribution is 2.33. The number of rotatable bonds is 5. The summed E-state index contributed by atoms with van der Waals surface area (Å²) >= 11 is 0. The van der Waals surface area contributed by atoms with Crippen LogP contribution in [0.5, 0.6) is 0 Å². The number of nitrogens with zero attached hydrogens (tertiary/aromatic N) is 4. The van der Waals surface area contributed by atoms with Crippen LogP contribution in [0, 0.1) is 5.82 Å². The maximum Gasteiger partial charge on any atom is 0.262 e. The number of imidazole rings is 1. The zero-order valence-corrected chi connectivity index (χ0v) is 16.1. The maximum atomic E-state index is 13.4. The molecule has 2 atom stereocenters. The Morgan fingerprint density at radius 2 is 1.82 bits per heavy atom. The van der Waals surface area contributed by atoms with E-state index in [9.17, 15) is 12.8 Å². The molecule has 0 unspecified atom stereocenters. The second-order valence-corrected chi connectivity index (χ2v) is 8.73. The summed E-state index contributed by atoms with van der Waals surface area (Å²) in [5.74, 6) is -0.453. The summed E-state index contributed by atoms with van der Waals surface area (Å²) in [6.07, 6.45) is 6.30. The molecule has 0 radical (unpaired) electrons. The lowest BCUT2D eigenvalue weighted by molar-refractivity contribution is 0.468. The van der Waals surface area contributed by atoms with Gasteiger partial charge in [-0.25, -0.2) is 17.8 Å². The summed E-state index contributed by atoms with van der Waals surface area (Å²) in [7, 11) is -1.99. The van der Waals surface area contributed by atoms with Gasteiger partial charge in [-0.05, 0) is 29.8 Å². The molecule has 0 saturated carbocycles. The van der Waals surface area contributed by atoms with Crippen molar-refractivity contribution in [2.24, 2.45) is 7.05 Å². The van der Waals surface area contributed by atoms with Crippen molar-refractivity contribution in [3.63, 3.8) is 0 Å². The summed E-state index contributed by atoms with van der Waals surface area (Å²) in [6.45, 7) is 0.566. The molecule has 3 heterocycles. The molecule has 1 fully saturated rings. The van der Waals surface area contributed by atoms with Crippen LogP contribution >= 0.6 is 0 Å². The molecule has 1 N–H and O–H groups in total. The SMILES string of the molecule is Cn1cnc(S(=O)(=O)N2C[C@H](Nc3ccncc3)[C@@H](c3ccc(F)cc3)C2)c1. The standard InChI is InChI=1S/C19H20FN5O2S/c1-24-12-19(22-13-24)28(26,27)25-10-17(14-2-4-15(20)5-3-14)18(11-25)23-16-6-8-21-9-7-16/h2-9,12-13,17-18H,10-11H2,1H3,(H,21,23)/t17-,18+/m1/s1. The first-order valence-electron chi connectivity index (χ1n) is 8.83. The average molecular weight is 401 g/mol. The molecule has 1 saturated heterocycles. The quantitative estimate of drug-likeness (QED) is 0.709. The van der Waals surface area contributed by atoms with E-state index in [-0.39, 0.29) is 35.9 Å². The molecular weight excluding hydrogens is 381 g/mol. The molecule has 2 aromatic heterocycles. The average Bonchev–Trinajstić information content (AvgIpc) is 3.31. The number of benzene rings is 1. The number of pyridine rings is 1. The van der Waals surface area contributed by atoms with Gasteiger partial charge in [0.1, 0.15) is 5.82 Å². The molecule has 1 aromatic carbocycles. The summed E-state index contributed by atoms with van der Waals surface area (Å²) in [6, 6.07) is 9.70. The Kier molecular flexibility index (Phi) is 4.86. The number of anilines is 1. The molecule has 0 spiro atoms. The van der Waals surface area contributed by atoms with Crippen molar-refractivity contribution in [2.75, 3.05) is 18.4 Å². The van der Waals surface area contributed by atoms with Crippen molar-refractivity contribution in [3.8, 4) is 0 Å². The Labute approximate surface area is 162 Å². The first-order valence-corrected chi connectivity index (χ1v) is 10.3. The van der Waals surface area contributed by atoms with Crippen molar-refractivity contribution in [2.45, 2.75) is 17.0 Å². The van der Waals surface area contributed by atoms with Gasteiger partial charge in [0.25, 0.3) is 10.0 Å². The monoisotopic (exact) mass is 401 g/mol. The Bertz CT molecular complexity index is 1050. The summed E-state index contributed by atoms with van der Waals surface area (Å²) in [5, 5.41) is 3.42. The van der Waals surface area contributed by atoms with Gasteiger partial charge < -0.3 is 9.88 Å². The topological polar surface area (TPSA) is 80.1 Å². The number of aryl methyl sites for hydroxylation is 1. The predicted molar refractivity (Wildman–Crippen MR) is 103 cm³/mol. The highest BCUT2D eigenvalue weighted by Gasteiger charge is 2.41. The van der Waals surface area contributed by atoms with Crippen LogP contribution < -0.4 is 5.32 Å². The number of nitrogens with one attached hydrogen (secondary N) is 1. The van der Waals surface area contributed by atoms with Crippen molar-refractivity contribution >= 4 is 15.7 Å². The van der Waals surface area contributed by atoms with E-state index in [4.69, 9.17) is 0 Å². The summed E-state index contributed by atoms with van der Waals surface area (Å²) < 4.78 is 42.5. The molecule has 1 aliphatic heterocycles. The van der Waals surface area contributed by atoms with Crippen molar-refractivity contribution in [1.29, 1.82) is 0 Å². The number of hydrogen-bond acceptors (Lipinski definition) is 5. The summed E-state index contributed by atoms with van der Waals surface area (Å²) in [5.41, 5.74) is 1.73. The van der Waals surface area contributed by atoms with Crippen LogP contribution in [0.25, 0.3) is 0 Å². The van der Waals surface area contributed by atoms with Crippen LogP contribution in [0.4, 0.5) is 10.1 Å². The fourth-order valence-electron chi connectivity index (χ4n) is 3.47. The Morgan fingerprint density at radius 1 is 1.11 bits per heavy atom. The third kappa shape index (κ3) is 3.63. The number of hydrogen-bond donors (Lipinski definition) is 1. The fraction of sp³-hybridized carbons (Fsp3) is 0.263. The predicted octanol–water partition coefficient (Wildman–Crippen LogP) is 2.22. The Hall–Kier alpha value is -2.78. The van der Waals surface area contributed by atoms with Gasteiger partial charge in [0.05, 0.1) is 6.33 Å². The van der Waals surface area contributed by atoms with E-state index in [1.54, 1.807) is 36.1 Å². The van der Waals surface area contributed by atoms with E-state index in [0.717, 1.165) is 11.3 Å². The highest BCUT2D eigenvalue weighted by molar-refractivity contribution is 7.89. The Morgan fingerprint density at radius 3 is 2.46 bits per heavy atom. The smallest absolute Gasteiger partial charge is 0.262 e. The van der Waals surface area contributed by atoms with E-state index >= 15 is 0 Å². The van der Waals surface area contributed by atoms with E-state index < -0.39 is 10.0 Å². The van der Waals surface area contributed by atoms with Gasteiger partial charge in [-0.15, -0.1) is 0 Å². The van der Waals surface area contributed by atoms with Crippen LogP contribution in [0.15, 0.2) is 66.3 Å². The number of sulfonamides is 1. The second kappa shape index (κ2) is 7.33. The van der Waals surface area contributed by atoms with E-state index in [2.05, 4.69) is 15.3 Å². The Balaban J connectivity index is 1.65. The minimum atomic E-state index is -3.72. The molecular formula is C19H20FN5O2S. The lowest BCUT2D eigenvalue weighted by atomic mass is 9.94. The van der Waals surface area contributed by atoms with Crippen LogP contribution in [0.2, 0.25) is 0 Å². The van der Waals surface area contributed by atoms with Crippen LogP contribution in [0.3, 0.4) is 0 Å². The van der Waals surface area contributed by atoms with Gasteiger partial charge >= 0.3 is 0 Å². The van der Waals surface area contributed by atoms with Crippen molar-refractivity contribution < 1.29 is 12.8 Å². The van der Waals surface area contributed by atoms with Crippen LogP contribution in [-0.4, -0.2) is 46.4 Å². The lowest BCUT2D eigenvalue weighted by Gasteiger charge is -2.21. The van der Waals surface area contributed by atoms with Gasteiger partial charge in [-0.3, -0.25) is 4.98 Å². The minimum absolute atomic E-state index is 0.0254. The maximum absolute atomic E-state index is 13.4. The van der Waals surface area contributed by atoms with Gasteiger partial charge in [-0.2, -0.15) is 4.31 Å². The van der Waals surface area contributed by atoms with Crippen molar-refractivity contribution in [1.82, 2.24) is 18.8 Å². The molecule has 0 amide bonds. The van der Waals surface area contributed by atoms with Crippen LogP contribution in [0.1, 0.15) is 11.5 Å². The highest BCUT2D eigenvalue weighted by atomic mass is 32.2. The van der Waals surface area contributed by atoms with Crippen molar-refractivity contribution in [3.05, 3.63) is 72.7 Å². The molecule has 146 valence electrons. The van der Waals surface area contributed by atoms with Gasteiger partial charge in [0, 0.05) is 56.4 Å². The molecule has 4 rings (SSSR count). The largest absolute Gasteiger partial charge is 0.380 e. The molecule has 0 bridgehead atoms. The fourth-order valence-corrected chi connectivity index (χ4v) is 4.93. The zero-order chi connectivity index (χ0) is 19.7. The normalized spacial score (nSPS) is 20.4. The third-order valence-corrected chi connectivity index (χ3v) is 6.62. The minimum Gasteiger partial charge on any atom is -0.380 e. The number of halogens is 1. The third-order valence-electron chi connectivity index (χ3n) is 4.90. The molecule has 28 heavy (non-hydrogen) atoms. The molecule has 3 aromatic rings. The van der Waals surface area contributed by atoms with E-state index in [1.165, 1.54) is 29.0 Å².